The molecule has 174 valence electrons. The van der Waals surface area contributed by atoms with E-state index in [1.165, 1.54) is 0 Å². The lowest BCUT2D eigenvalue weighted by Gasteiger charge is -2.30. The van der Waals surface area contributed by atoms with Crippen LogP contribution < -0.4 is 19.5 Å². The summed E-state index contributed by atoms with van der Waals surface area (Å²) < 4.78 is 37.8. The van der Waals surface area contributed by atoms with Gasteiger partial charge in [0.1, 0.15) is 11.9 Å². The molecule has 9 heteroatoms. The lowest BCUT2D eigenvalue weighted by Crippen LogP contribution is -2.41. The largest absolute Gasteiger partial charge is 0.490 e. The van der Waals surface area contributed by atoms with E-state index in [4.69, 9.17) is 4.74 Å². The Bertz CT molecular complexity index is 1300. The third kappa shape index (κ3) is 4.48. The molecule has 3 N–H and O–H groups in total. The van der Waals surface area contributed by atoms with Gasteiger partial charge in [0, 0.05) is 41.0 Å². The number of nitrogens with zero attached hydrogens (tertiary/aromatic N) is 1. The van der Waals surface area contributed by atoms with Crippen molar-refractivity contribution in [2.75, 3.05) is 19.6 Å². The molecule has 33 heavy (non-hydrogen) atoms. The van der Waals surface area contributed by atoms with Gasteiger partial charge in [-0.3, -0.25) is 4.79 Å². The van der Waals surface area contributed by atoms with Crippen molar-refractivity contribution < 1.29 is 17.9 Å². The van der Waals surface area contributed by atoms with Crippen LogP contribution in [0.15, 0.2) is 48.5 Å². The number of fused-ring (bicyclic) bond motifs is 4. The molecule has 0 spiro atoms. The first-order chi connectivity index (χ1) is 15.9. The second-order valence-corrected chi connectivity index (χ2v) is 10.2. The third-order valence-corrected chi connectivity index (χ3v) is 7.50. The molecule has 0 saturated heterocycles. The smallest absolute Gasteiger partial charge is 0.301 e. The quantitative estimate of drug-likeness (QED) is 0.471. The van der Waals surface area contributed by atoms with Gasteiger partial charge in [-0.1, -0.05) is 18.2 Å². The van der Waals surface area contributed by atoms with Crippen LogP contribution in [-0.2, 0) is 16.8 Å². The average molecular weight is 469 g/mol. The van der Waals surface area contributed by atoms with Gasteiger partial charge in [0.2, 0.25) is 0 Å². The molecule has 0 radical (unpaired) electrons. The van der Waals surface area contributed by atoms with Gasteiger partial charge in [0.25, 0.3) is 5.91 Å². The van der Waals surface area contributed by atoms with Crippen molar-refractivity contribution in [2.24, 2.45) is 5.92 Å². The zero-order chi connectivity index (χ0) is 23.0. The molecule has 1 aromatic heterocycles. The van der Waals surface area contributed by atoms with Crippen LogP contribution in [0.4, 0.5) is 0 Å². The lowest BCUT2D eigenvalue weighted by molar-refractivity contribution is 0.0981. The van der Waals surface area contributed by atoms with Gasteiger partial charge in [-0.2, -0.15) is 13.1 Å². The maximum Gasteiger partial charge on any atom is 0.301 e. The van der Waals surface area contributed by atoms with Crippen molar-refractivity contribution in [2.45, 2.75) is 32.4 Å². The monoisotopic (exact) mass is 468 g/mol. The predicted octanol–water partition coefficient (Wildman–Crippen LogP) is 2.65. The minimum absolute atomic E-state index is 0.00993. The summed E-state index contributed by atoms with van der Waals surface area (Å²) in [4.78, 5) is 12.8. The summed E-state index contributed by atoms with van der Waals surface area (Å²) in [6.45, 7) is 4.59. The highest BCUT2D eigenvalue weighted by atomic mass is 32.2. The second kappa shape index (κ2) is 8.81. The van der Waals surface area contributed by atoms with Crippen LogP contribution in [-0.4, -0.2) is 44.6 Å². The van der Waals surface area contributed by atoms with Gasteiger partial charge < -0.3 is 14.6 Å². The highest BCUT2D eigenvalue weighted by molar-refractivity contribution is 7.88. The van der Waals surface area contributed by atoms with Gasteiger partial charge in [-0.05, 0) is 63.2 Å². The van der Waals surface area contributed by atoms with Crippen LogP contribution in [0.25, 0.3) is 22.2 Å². The molecule has 2 aliphatic heterocycles. The van der Waals surface area contributed by atoms with Crippen molar-refractivity contribution in [3.63, 3.8) is 0 Å². The van der Waals surface area contributed by atoms with Gasteiger partial charge in [0.15, 0.2) is 0 Å². The van der Waals surface area contributed by atoms with E-state index >= 15 is 0 Å². The van der Waals surface area contributed by atoms with Crippen molar-refractivity contribution in [1.82, 2.24) is 19.3 Å². The zero-order valence-electron chi connectivity index (χ0n) is 18.5. The number of nitrogens with one attached hydrogen (secondary N) is 3. The van der Waals surface area contributed by atoms with Crippen molar-refractivity contribution in [1.29, 1.82) is 0 Å². The molecular weight excluding hydrogens is 440 g/mol. The number of para-hydroxylation sites is 1. The Labute approximate surface area is 193 Å². The Hall–Kier alpha value is -2.88. The van der Waals surface area contributed by atoms with Crippen LogP contribution in [0.3, 0.4) is 0 Å². The summed E-state index contributed by atoms with van der Waals surface area (Å²) in [5, 5.41) is 4.39. The molecule has 0 saturated carbocycles. The molecule has 2 unspecified atom stereocenters. The topological polar surface area (TPSA) is 101 Å². The number of hydrogen-bond donors (Lipinski definition) is 3. The Morgan fingerprint density at radius 2 is 1.91 bits per heavy atom. The fourth-order valence-corrected chi connectivity index (χ4v) is 5.50. The molecule has 0 aliphatic carbocycles. The Morgan fingerprint density at radius 3 is 2.79 bits per heavy atom. The summed E-state index contributed by atoms with van der Waals surface area (Å²) >= 11 is 0. The number of carbonyl (C=O) groups excluding carboxylic acids is 1. The molecule has 2 aromatic carbocycles. The van der Waals surface area contributed by atoms with Crippen molar-refractivity contribution >= 4 is 27.0 Å². The predicted molar refractivity (Wildman–Crippen MR) is 127 cm³/mol. The normalized spacial score (nSPS) is 23.4. The first-order valence-corrected chi connectivity index (χ1v) is 12.8. The minimum Gasteiger partial charge on any atom is -0.490 e. The van der Waals surface area contributed by atoms with Crippen molar-refractivity contribution in [3.8, 4) is 17.0 Å². The van der Waals surface area contributed by atoms with E-state index in [0.29, 0.717) is 18.5 Å². The van der Waals surface area contributed by atoms with Gasteiger partial charge >= 0.3 is 10.2 Å². The van der Waals surface area contributed by atoms with Crippen LogP contribution in [0, 0.1) is 5.92 Å². The minimum atomic E-state index is -3.92. The van der Waals surface area contributed by atoms with Gasteiger partial charge in [-0.25, -0.2) is 4.72 Å². The van der Waals surface area contributed by atoms with Crippen LogP contribution in [0.1, 0.15) is 30.1 Å². The average Bonchev–Trinajstić information content (AvgIpc) is 3.13. The molecular formula is C24H28N4O4S. The molecule has 0 fully saturated rings. The standard InChI is InChI=1S/C24H28N4O4S/c1-16-19-9-12-25-10-4-11-26-33(30,31)27-24(29)18-8-7-17-13-22(28(15-19)21(17)14-18)20-5-2-3-6-23(20)32-16/h2-3,5-8,13-14,16,19,25-26H,4,9-12,15H2,1H3,(H,27,29). The maximum absolute atomic E-state index is 12.8. The molecule has 5 rings (SSSR count). The second-order valence-electron chi connectivity index (χ2n) is 8.71. The SMILES string of the molecule is CC1Oc2ccccc2-c2cc3ccc4cc3n2CC1CCNCCCNS(=O)(=O)NC4=O. The summed E-state index contributed by atoms with van der Waals surface area (Å²) in [5.41, 5.74) is 3.23. The highest BCUT2D eigenvalue weighted by Crippen LogP contribution is 2.38. The first-order valence-electron chi connectivity index (χ1n) is 11.3. The lowest BCUT2D eigenvalue weighted by atomic mass is 9.97. The number of rotatable bonds is 0. The molecule has 8 nitrogen and oxygen atoms in total. The summed E-state index contributed by atoms with van der Waals surface area (Å²) in [7, 11) is -3.92. The summed E-state index contributed by atoms with van der Waals surface area (Å²) in [6, 6.07) is 15.4. The molecule has 3 heterocycles. The molecule has 3 aromatic rings. The number of carbonyl (C=O) groups is 1. The van der Waals surface area contributed by atoms with Crippen LogP contribution in [0.2, 0.25) is 0 Å². The number of benzene rings is 2. The molecule has 1 amide bonds. The number of amides is 1. The number of ether oxygens (including phenoxy) is 1. The van der Waals surface area contributed by atoms with E-state index in [0.717, 1.165) is 47.4 Å². The Kier molecular flexibility index (Phi) is 5.86. The van der Waals surface area contributed by atoms with Crippen LogP contribution >= 0.6 is 0 Å². The fraction of sp³-hybridized carbons (Fsp3) is 0.375. The first kappa shape index (κ1) is 21.9. The van der Waals surface area contributed by atoms with E-state index in [2.05, 4.69) is 32.3 Å². The van der Waals surface area contributed by atoms with E-state index in [1.54, 1.807) is 12.1 Å². The third-order valence-electron chi connectivity index (χ3n) is 6.46. The molecule has 4 bridgehead atoms. The van der Waals surface area contributed by atoms with Crippen molar-refractivity contribution in [3.05, 3.63) is 54.1 Å². The van der Waals surface area contributed by atoms with E-state index in [9.17, 15) is 13.2 Å². The van der Waals surface area contributed by atoms with E-state index in [1.807, 2.05) is 30.3 Å². The number of aromatic nitrogens is 1. The fourth-order valence-electron chi connectivity index (χ4n) is 4.65. The van der Waals surface area contributed by atoms with Gasteiger partial charge in [-0.15, -0.1) is 0 Å². The molecule has 2 aliphatic rings. The van der Waals surface area contributed by atoms with E-state index in [-0.39, 0.29) is 18.6 Å². The number of hydrogen-bond acceptors (Lipinski definition) is 5. The summed E-state index contributed by atoms with van der Waals surface area (Å²) in [6.07, 6.45) is 1.54. The maximum atomic E-state index is 12.8. The summed E-state index contributed by atoms with van der Waals surface area (Å²) in [5.74, 6) is 0.449. The zero-order valence-corrected chi connectivity index (χ0v) is 19.3. The van der Waals surface area contributed by atoms with Gasteiger partial charge in [0.05, 0.1) is 5.69 Å². The van der Waals surface area contributed by atoms with E-state index < -0.39 is 16.1 Å². The molecule has 2 atom stereocenters. The van der Waals surface area contributed by atoms with Crippen LogP contribution in [0.5, 0.6) is 5.75 Å². The Balaban J connectivity index is 1.66. The Morgan fingerprint density at radius 1 is 1.06 bits per heavy atom. The highest BCUT2D eigenvalue weighted by Gasteiger charge is 2.27.